The molecule has 0 saturated heterocycles. The first-order valence-corrected chi connectivity index (χ1v) is 17.0. The van der Waals surface area contributed by atoms with Crippen LogP contribution in [-0.4, -0.2) is 61.6 Å². The van der Waals surface area contributed by atoms with E-state index in [9.17, 15) is 36.2 Å². The fraction of sp³-hybridized carbons (Fsp3) is 0.926. The number of rotatable bonds is 11. The first kappa shape index (κ1) is 38.6. The normalized spacial score (nSPS) is 38.3. The van der Waals surface area contributed by atoms with E-state index in [1.54, 1.807) is 0 Å². The summed E-state index contributed by atoms with van der Waals surface area (Å²) in [5.74, 6) is 1.22. The third kappa shape index (κ3) is 8.81. The largest absolute Gasteiger partial charge is 1.00 e. The van der Waals surface area contributed by atoms with E-state index in [0.717, 1.165) is 56.9 Å². The SMILES string of the molecule is C[C@@H](CO)CCC[C@@H](COS(=O)(=O)[O-])[C@H]1CC[C@H]2[C@@H]3CC=C4C[C@H](O)[C@@H](OS(=O)(=O)[O-])C[C@]4(C)[C@H]3CC[C@]12C.[Na+].[Na+]. The Balaban J connectivity index is 0.00000294. The summed E-state index contributed by atoms with van der Waals surface area (Å²) < 4.78 is 77.6. The number of hydrogen-bond donors (Lipinski definition) is 2. The van der Waals surface area contributed by atoms with E-state index < -0.39 is 33.0 Å². The molecule has 226 valence electrons. The number of hydrogen-bond acceptors (Lipinski definition) is 10. The Kier molecular flexibility index (Phi) is 14.0. The van der Waals surface area contributed by atoms with Crippen molar-refractivity contribution in [2.75, 3.05) is 13.2 Å². The van der Waals surface area contributed by atoms with Gasteiger partial charge in [0.15, 0.2) is 0 Å². The van der Waals surface area contributed by atoms with Gasteiger partial charge in [0.1, 0.15) is 6.10 Å². The predicted molar refractivity (Wildman–Crippen MR) is 140 cm³/mol. The van der Waals surface area contributed by atoms with Crippen LogP contribution in [0.25, 0.3) is 0 Å². The number of allylic oxidation sites excluding steroid dienone is 1. The minimum absolute atomic E-state index is 0. The van der Waals surface area contributed by atoms with E-state index >= 15 is 0 Å². The summed E-state index contributed by atoms with van der Waals surface area (Å²) in [7, 11) is -9.74. The number of aliphatic hydroxyl groups is 2. The monoisotopic (exact) mass is 638 g/mol. The second kappa shape index (κ2) is 14.9. The van der Waals surface area contributed by atoms with Gasteiger partial charge >= 0.3 is 59.1 Å². The minimum atomic E-state index is -4.94. The van der Waals surface area contributed by atoms with Gasteiger partial charge in [-0.2, -0.15) is 0 Å². The summed E-state index contributed by atoms with van der Waals surface area (Å²) in [4.78, 5) is 0. The van der Waals surface area contributed by atoms with Crippen LogP contribution in [0, 0.1) is 46.3 Å². The van der Waals surface area contributed by atoms with Crippen LogP contribution in [0.3, 0.4) is 0 Å². The van der Waals surface area contributed by atoms with Crippen LogP contribution in [0.5, 0.6) is 0 Å². The molecule has 0 spiro atoms. The summed E-state index contributed by atoms with van der Waals surface area (Å²) >= 11 is 0. The Hall–Kier alpha value is 1.40. The molecule has 4 aliphatic carbocycles. The van der Waals surface area contributed by atoms with Crippen LogP contribution >= 0.6 is 0 Å². The van der Waals surface area contributed by atoms with E-state index in [1.807, 2.05) is 6.92 Å². The summed E-state index contributed by atoms with van der Waals surface area (Å²) in [6.07, 6.45) is 7.58. The van der Waals surface area contributed by atoms with Crippen molar-refractivity contribution >= 4 is 20.8 Å². The molecule has 0 unspecified atom stereocenters. The molecular weight excluding hydrogens is 594 g/mol. The third-order valence-corrected chi connectivity index (χ3v) is 11.9. The van der Waals surface area contributed by atoms with Gasteiger partial charge in [0.2, 0.25) is 20.8 Å². The Labute approximate surface area is 290 Å². The Morgan fingerprint density at radius 2 is 1.73 bits per heavy atom. The molecule has 0 amide bonds. The Bertz CT molecular complexity index is 1130. The van der Waals surface area contributed by atoms with Crippen LogP contribution < -0.4 is 59.1 Å². The van der Waals surface area contributed by atoms with Crippen molar-refractivity contribution in [1.29, 1.82) is 0 Å². The topological polar surface area (TPSA) is 173 Å². The average Bonchev–Trinajstić information content (AvgIpc) is 3.17. The Morgan fingerprint density at radius 3 is 2.34 bits per heavy atom. The van der Waals surface area contributed by atoms with Gasteiger partial charge in [-0.05, 0) is 104 Å². The maximum Gasteiger partial charge on any atom is 1.00 e. The van der Waals surface area contributed by atoms with Gasteiger partial charge in [0, 0.05) is 6.61 Å². The molecule has 4 rings (SSSR count). The first-order chi connectivity index (χ1) is 18.1. The van der Waals surface area contributed by atoms with Crippen molar-refractivity contribution < 1.29 is 104 Å². The smallest absolute Gasteiger partial charge is 0.726 e. The van der Waals surface area contributed by atoms with Gasteiger partial charge in [-0.1, -0.05) is 38.8 Å². The van der Waals surface area contributed by atoms with Crippen molar-refractivity contribution in [2.45, 2.75) is 97.2 Å². The fourth-order valence-electron chi connectivity index (χ4n) is 9.12. The molecule has 41 heavy (non-hydrogen) atoms. The van der Waals surface area contributed by atoms with E-state index in [2.05, 4.69) is 19.9 Å². The summed E-state index contributed by atoms with van der Waals surface area (Å²) in [5, 5.41) is 19.9. The van der Waals surface area contributed by atoms with Crippen molar-refractivity contribution in [1.82, 2.24) is 0 Å². The molecule has 10 atom stereocenters. The van der Waals surface area contributed by atoms with Gasteiger partial charge in [-0.3, -0.25) is 8.37 Å². The van der Waals surface area contributed by atoms with Crippen LogP contribution in [0.4, 0.5) is 0 Å². The summed E-state index contributed by atoms with van der Waals surface area (Å²) in [6, 6.07) is 0. The van der Waals surface area contributed by atoms with Gasteiger partial charge < -0.3 is 19.3 Å². The van der Waals surface area contributed by atoms with E-state index in [4.69, 9.17) is 8.37 Å². The summed E-state index contributed by atoms with van der Waals surface area (Å²) in [6.45, 7) is 6.36. The molecule has 10 nitrogen and oxygen atoms in total. The van der Waals surface area contributed by atoms with E-state index in [1.165, 1.54) is 0 Å². The van der Waals surface area contributed by atoms with Crippen molar-refractivity contribution in [3.8, 4) is 0 Å². The predicted octanol–water partition coefficient (Wildman–Crippen LogP) is -2.72. The molecule has 4 aliphatic rings. The standard InChI is InChI=1S/C27H46O10S2.2Na/c1-17(15-28)5-4-6-18(16-36-38(30,31)32)21-9-10-22-20-8-7-19-13-24(29)25(37-39(33,34)35)14-27(19,3)23(20)11-12-26(21,22)2;;/h7,17-18,20-25,28-29H,4-6,8-16H2,1-3H3,(H,30,31,32)(H,33,34,35);;/q;2*+1/p-2/t17-,18+,20+,21-,22+,23+,24+,25+,26-,27+;;/m1../s1. The minimum Gasteiger partial charge on any atom is -0.726 e. The maximum atomic E-state index is 11.3. The zero-order valence-electron chi connectivity index (χ0n) is 25.2. The Morgan fingerprint density at radius 1 is 1.05 bits per heavy atom. The second-order valence-electron chi connectivity index (χ2n) is 13.2. The van der Waals surface area contributed by atoms with Crippen molar-refractivity contribution in [3.63, 3.8) is 0 Å². The molecule has 0 aromatic heterocycles. The molecule has 0 radical (unpaired) electrons. The molecular formula is C27H44Na2O10S2. The molecule has 0 aliphatic heterocycles. The van der Waals surface area contributed by atoms with Crippen molar-refractivity contribution in [3.05, 3.63) is 11.6 Å². The summed E-state index contributed by atoms with van der Waals surface area (Å²) in [5.41, 5.74) is 0.674. The zero-order chi connectivity index (χ0) is 28.8. The molecule has 3 saturated carbocycles. The van der Waals surface area contributed by atoms with E-state index in [-0.39, 0.29) is 113 Å². The number of aliphatic hydroxyl groups excluding tert-OH is 2. The van der Waals surface area contributed by atoms with Crippen LogP contribution in [0.15, 0.2) is 11.6 Å². The van der Waals surface area contributed by atoms with Crippen LogP contribution in [-0.2, 0) is 29.2 Å². The maximum absolute atomic E-state index is 11.3. The molecule has 2 N–H and O–H groups in total. The first-order valence-electron chi connectivity index (χ1n) is 14.3. The quantitative estimate of drug-likeness (QED) is 0.105. The molecule has 0 bridgehead atoms. The molecule has 0 aromatic rings. The molecule has 14 heteroatoms. The van der Waals surface area contributed by atoms with Gasteiger partial charge in [-0.15, -0.1) is 0 Å². The molecule has 3 fully saturated rings. The van der Waals surface area contributed by atoms with E-state index in [0.29, 0.717) is 18.3 Å². The average molecular weight is 639 g/mol. The zero-order valence-corrected chi connectivity index (χ0v) is 30.8. The van der Waals surface area contributed by atoms with Gasteiger partial charge in [-0.25, -0.2) is 16.8 Å². The van der Waals surface area contributed by atoms with Crippen molar-refractivity contribution in [2.24, 2.45) is 46.3 Å². The number of fused-ring (bicyclic) bond motifs is 5. The van der Waals surface area contributed by atoms with Gasteiger partial charge in [0.25, 0.3) is 0 Å². The third-order valence-electron chi connectivity index (χ3n) is 11.0. The van der Waals surface area contributed by atoms with Crippen LogP contribution in [0.1, 0.15) is 85.0 Å². The fourth-order valence-corrected chi connectivity index (χ4v) is 9.96. The molecule has 0 aromatic carbocycles. The second-order valence-corrected chi connectivity index (χ2v) is 15.2. The van der Waals surface area contributed by atoms with Gasteiger partial charge in [0.05, 0.1) is 12.7 Å². The molecule has 0 heterocycles. The van der Waals surface area contributed by atoms with Crippen LogP contribution in [0.2, 0.25) is 0 Å².